The van der Waals surface area contributed by atoms with Crippen LogP contribution in [-0.2, 0) is 6.42 Å². The van der Waals surface area contributed by atoms with Crippen molar-refractivity contribution >= 4 is 5.71 Å². The second-order valence-electron chi connectivity index (χ2n) is 4.98. The van der Waals surface area contributed by atoms with Gasteiger partial charge in [0.15, 0.2) is 0 Å². The number of hydrogen-bond donors (Lipinski definition) is 0. The first kappa shape index (κ1) is 10.4. The van der Waals surface area contributed by atoms with Gasteiger partial charge in [-0.05, 0) is 45.1 Å². The van der Waals surface area contributed by atoms with Crippen LogP contribution in [0.25, 0.3) is 0 Å². The van der Waals surface area contributed by atoms with Crippen LogP contribution in [-0.4, -0.2) is 11.3 Å². The Bertz CT molecular complexity index is 349. The standard InChI is InChI=1S/C14H19N/c1-14(2)11-10-13(15-14)9-8-12-6-4-3-5-7-12/h3-7H,8-11H2,1-2H3. The minimum Gasteiger partial charge on any atom is -0.288 e. The first-order chi connectivity index (χ1) is 7.16. The van der Waals surface area contributed by atoms with Gasteiger partial charge in [0.25, 0.3) is 0 Å². The van der Waals surface area contributed by atoms with Crippen LogP contribution in [0.15, 0.2) is 35.3 Å². The van der Waals surface area contributed by atoms with E-state index in [9.17, 15) is 0 Å². The molecule has 0 fully saturated rings. The monoisotopic (exact) mass is 201 g/mol. The molecular formula is C14H19N. The van der Waals surface area contributed by atoms with E-state index in [-0.39, 0.29) is 5.54 Å². The van der Waals surface area contributed by atoms with Gasteiger partial charge in [-0.25, -0.2) is 0 Å². The SMILES string of the molecule is CC1(C)CCC(CCc2ccccc2)=N1. The Labute approximate surface area is 92.2 Å². The minimum atomic E-state index is 0.200. The number of rotatable bonds is 3. The normalized spacial score (nSPS) is 18.9. The van der Waals surface area contributed by atoms with E-state index in [1.54, 1.807) is 0 Å². The van der Waals surface area contributed by atoms with Gasteiger partial charge in [-0.1, -0.05) is 30.3 Å². The van der Waals surface area contributed by atoms with Crippen LogP contribution in [0.5, 0.6) is 0 Å². The molecule has 0 atom stereocenters. The maximum absolute atomic E-state index is 4.75. The summed E-state index contributed by atoms with van der Waals surface area (Å²) in [5.74, 6) is 0. The maximum atomic E-state index is 4.75. The van der Waals surface area contributed by atoms with Gasteiger partial charge < -0.3 is 0 Å². The van der Waals surface area contributed by atoms with Gasteiger partial charge in [-0.2, -0.15) is 0 Å². The summed E-state index contributed by atoms with van der Waals surface area (Å²) in [6.07, 6.45) is 4.68. The zero-order valence-corrected chi connectivity index (χ0v) is 9.66. The Hall–Kier alpha value is -1.11. The molecule has 1 aliphatic heterocycles. The van der Waals surface area contributed by atoms with E-state index in [0.29, 0.717) is 0 Å². The van der Waals surface area contributed by atoms with Gasteiger partial charge in [0.05, 0.1) is 5.54 Å². The van der Waals surface area contributed by atoms with Crippen LogP contribution in [0, 0.1) is 0 Å². The Balaban J connectivity index is 1.90. The highest BCUT2D eigenvalue weighted by Crippen LogP contribution is 2.26. The lowest BCUT2D eigenvalue weighted by molar-refractivity contribution is 0.522. The number of aliphatic imine (C=N–C) groups is 1. The zero-order chi connectivity index (χ0) is 10.7. The summed E-state index contributed by atoms with van der Waals surface area (Å²) in [4.78, 5) is 4.75. The molecule has 1 aliphatic rings. The summed E-state index contributed by atoms with van der Waals surface area (Å²) in [6.45, 7) is 4.45. The average Bonchev–Trinajstić information content (AvgIpc) is 2.57. The number of benzene rings is 1. The molecule has 1 aromatic rings. The molecule has 0 N–H and O–H groups in total. The highest BCUT2D eigenvalue weighted by Gasteiger charge is 2.23. The van der Waals surface area contributed by atoms with E-state index in [1.165, 1.54) is 24.1 Å². The first-order valence-corrected chi connectivity index (χ1v) is 5.77. The molecule has 0 aliphatic carbocycles. The fourth-order valence-electron chi connectivity index (χ4n) is 2.10. The Morgan fingerprint density at radius 2 is 1.87 bits per heavy atom. The smallest absolute Gasteiger partial charge is 0.0555 e. The molecule has 0 bridgehead atoms. The molecule has 0 radical (unpaired) electrons. The minimum absolute atomic E-state index is 0.200. The Morgan fingerprint density at radius 3 is 2.47 bits per heavy atom. The van der Waals surface area contributed by atoms with Crippen molar-refractivity contribution in [3.05, 3.63) is 35.9 Å². The second-order valence-corrected chi connectivity index (χ2v) is 4.98. The van der Waals surface area contributed by atoms with E-state index in [2.05, 4.69) is 44.2 Å². The van der Waals surface area contributed by atoms with Crippen LogP contribution in [0.2, 0.25) is 0 Å². The van der Waals surface area contributed by atoms with Crippen LogP contribution < -0.4 is 0 Å². The third kappa shape index (κ3) is 2.92. The van der Waals surface area contributed by atoms with Gasteiger partial charge in [0.2, 0.25) is 0 Å². The van der Waals surface area contributed by atoms with Crippen molar-refractivity contribution in [1.29, 1.82) is 0 Å². The Morgan fingerprint density at radius 1 is 1.13 bits per heavy atom. The topological polar surface area (TPSA) is 12.4 Å². The van der Waals surface area contributed by atoms with Crippen molar-refractivity contribution in [2.45, 2.75) is 45.1 Å². The predicted molar refractivity (Wildman–Crippen MR) is 65.5 cm³/mol. The van der Waals surface area contributed by atoms with Crippen LogP contribution >= 0.6 is 0 Å². The summed E-state index contributed by atoms with van der Waals surface area (Å²) in [5.41, 5.74) is 3.03. The van der Waals surface area contributed by atoms with Gasteiger partial charge in [0, 0.05) is 5.71 Å². The molecule has 1 aromatic carbocycles. The van der Waals surface area contributed by atoms with Crippen molar-refractivity contribution in [3.63, 3.8) is 0 Å². The summed E-state index contributed by atoms with van der Waals surface area (Å²) in [7, 11) is 0. The maximum Gasteiger partial charge on any atom is 0.0555 e. The van der Waals surface area contributed by atoms with Crippen molar-refractivity contribution in [1.82, 2.24) is 0 Å². The van der Waals surface area contributed by atoms with Crippen LogP contribution in [0.1, 0.15) is 38.7 Å². The molecular weight excluding hydrogens is 182 g/mol. The summed E-state index contributed by atoms with van der Waals surface area (Å²) >= 11 is 0. The van der Waals surface area contributed by atoms with Gasteiger partial charge >= 0.3 is 0 Å². The predicted octanol–water partition coefficient (Wildman–Crippen LogP) is 3.63. The van der Waals surface area contributed by atoms with Gasteiger partial charge in [0.1, 0.15) is 0 Å². The molecule has 2 rings (SSSR count). The Kier molecular flexibility index (Phi) is 2.90. The van der Waals surface area contributed by atoms with Crippen molar-refractivity contribution in [2.24, 2.45) is 4.99 Å². The van der Waals surface area contributed by atoms with Crippen LogP contribution in [0.3, 0.4) is 0 Å². The molecule has 0 saturated heterocycles. The lowest BCUT2D eigenvalue weighted by Gasteiger charge is -2.10. The highest BCUT2D eigenvalue weighted by molar-refractivity contribution is 5.86. The van der Waals surface area contributed by atoms with Gasteiger partial charge in [-0.15, -0.1) is 0 Å². The quantitative estimate of drug-likeness (QED) is 0.708. The van der Waals surface area contributed by atoms with E-state index < -0.39 is 0 Å². The molecule has 0 amide bonds. The van der Waals surface area contributed by atoms with E-state index >= 15 is 0 Å². The highest BCUT2D eigenvalue weighted by atomic mass is 14.9. The lowest BCUT2D eigenvalue weighted by atomic mass is 10.0. The molecule has 1 heteroatoms. The second kappa shape index (κ2) is 4.18. The van der Waals surface area contributed by atoms with Crippen LogP contribution in [0.4, 0.5) is 0 Å². The third-order valence-corrected chi connectivity index (χ3v) is 3.03. The fraction of sp³-hybridized carbons (Fsp3) is 0.500. The fourth-order valence-corrected chi connectivity index (χ4v) is 2.10. The average molecular weight is 201 g/mol. The molecule has 0 unspecified atom stereocenters. The lowest BCUT2D eigenvalue weighted by Crippen LogP contribution is -2.10. The van der Waals surface area contributed by atoms with E-state index in [0.717, 1.165) is 12.8 Å². The molecule has 0 spiro atoms. The summed E-state index contributed by atoms with van der Waals surface area (Å²) < 4.78 is 0. The number of aryl methyl sites for hydroxylation is 1. The van der Waals surface area contributed by atoms with Gasteiger partial charge in [-0.3, -0.25) is 4.99 Å². The molecule has 80 valence electrons. The first-order valence-electron chi connectivity index (χ1n) is 5.77. The largest absolute Gasteiger partial charge is 0.288 e. The zero-order valence-electron chi connectivity index (χ0n) is 9.66. The molecule has 15 heavy (non-hydrogen) atoms. The third-order valence-electron chi connectivity index (χ3n) is 3.03. The summed E-state index contributed by atoms with van der Waals surface area (Å²) in [5, 5.41) is 0. The molecule has 1 nitrogen and oxygen atoms in total. The summed E-state index contributed by atoms with van der Waals surface area (Å²) in [6, 6.07) is 10.7. The molecule has 0 saturated carbocycles. The van der Waals surface area contributed by atoms with Crippen molar-refractivity contribution in [2.75, 3.05) is 0 Å². The number of hydrogen-bond acceptors (Lipinski definition) is 1. The molecule has 1 heterocycles. The van der Waals surface area contributed by atoms with Crippen molar-refractivity contribution < 1.29 is 0 Å². The molecule has 0 aromatic heterocycles. The van der Waals surface area contributed by atoms with E-state index in [4.69, 9.17) is 4.99 Å². The van der Waals surface area contributed by atoms with Crippen molar-refractivity contribution in [3.8, 4) is 0 Å². The number of nitrogens with zero attached hydrogens (tertiary/aromatic N) is 1. The van der Waals surface area contributed by atoms with E-state index in [1.807, 2.05) is 0 Å².